The van der Waals surface area contributed by atoms with E-state index < -0.39 is 15.8 Å². The maximum absolute atomic E-state index is 13.4. The first-order valence-corrected chi connectivity index (χ1v) is 14.1. The molecule has 1 amide bonds. The number of sulfonamides is 1. The van der Waals surface area contributed by atoms with E-state index in [9.17, 15) is 13.2 Å². The lowest BCUT2D eigenvalue weighted by atomic mass is 9.94. The second-order valence-electron chi connectivity index (χ2n) is 9.01. The van der Waals surface area contributed by atoms with Crippen LogP contribution in [-0.4, -0.2) is 78.9 Å². The van der Waals surface area contributed by atoms with Crippen LogP contribution in [0.15, 0.2) is 15.5 Å². The summed E-state index contributed by atoms with van der Waals surface area (Å²) in [6.07, 6.45) is 3.04. The molecule has 34 heavy (non-hydrogen) atoms. The summed E-state index contributed by atoms with van der Waals surface area (Å²) in [5.74, 6) is 0.377. The molecule has 5 rings (SSSR count). The summed E-state index contributed by atoms with van der Waals surface area (Å²) in [6, 6.07) is 1.63. The molecule has 2 aromatic rings. The fourth-order valence-corrected chi connectivity index (χ4v) is 7.88. The summed E-state index contributed by atoms with van der Waals surface area (Å²) < 4.78 is 44.9. The monoisotopic (exact) mass is 510 g/mol. The number of aromatic nitrogens is 2. The Balaban J connectivity index is 1.21. The number of hydrogen-bond acceptors (Lipinski definition) is 9. The number of aryl methyl sites for hydroxylation is 2. The first-order valence-electron chi connectivity index (χ1n) is 11.8. The second-order valence-corrected chi connectivity index (χ2v) is 12.2. The molecule has 12 heteroatoms. The van der Waals surface area contributed by atoms with Gasteiger partial charge < -0.3 is 18.9 Å². The van der Waals surface area contributed by atoms with Crippen LogP contribution < -0.4 is 0 Å². The van der Waals surface area contributed by atoms with E-state index in [1.165, 1.54) is 15.6 Å². The van der Waals surface area contributed by atoms with Gasteiger partial charge in [-0.1, -0.05) is 12.1 Å². The van der Waals surface area contributed by atoms with Crippen LogP contribution in [0.4, 0.5) is 0 Å². The van der Waals surface area contributed by atoms with E-state index in [1.54, 1.807) is 13.0 Å². The zero-order valence-corrected chi connectivity index (χ0v) is 21.1. The van der Waals surface area contributed by atoms with Gasteiger partial charge in [0.05, 0.1) is 23.0 Å². The highest BCUT2D eigenvalue weighted by atomic mass is 32.2. The van der Waals surface area contributed by atoms with Crippen molar-refractivity contribution in [2.75, 3.05) is 39.4 Å². The molecular formula is C22H30N4O6S2. The van der Waals surface area contributed by atoms with Crippen LogP contribution >= 0.6 is 11.3 Å². The summed E-state index contributed by atoms with van der Waals surface area (Å²) >= 11 is 1.34. The molecule has 0 bridgehead atoms. The van der Waals surface area contributed by atoms with Crippen molar-refractivity contribution < 1.29 is 27.2 Å². The highest BCUT2D eigenvalue weighted by molar-refractivity contribution is 7.89. The lowest BCUT2D eigenvalue weighted by Crippen LogP contribution is -2.50. The smallest absolute Gasteiger partial charge is 0.244 e. The van der Waals surface area contributed by atoms with E-state index in [2.05, 4.69) is 10.1 Å². The van der Waals surface area contributed by atoms with Gasteiger partial charge in [-0.3, -0.25) is 4.79 Å². The Labute approximate surface area is 203 Å². The van der Waals surface area contributed by atoms with Crippen LogP contribution in [0.3, 0.4) is 0 Å². The molecule has 0 aliphatic carbocycles. The van der Waals surface area contributed by atoms with Crippen molar-refractivity contribution in [3.63, 3.8) is 0 Å². The van der Waals surface area contributed by atoms with Crippen LogP contribution in [0.5, 0.6) is 0 Å². The van der Waals surface area contributed by atoms with Crippen LogP contribution in [-0.2, 0) is 30.7 Å². The molecule has 3 fully saturated rings. The van der Waals surface area contributed by atoms with Crippen LogP contribution in [0.25, 0.3) is 10.7 Å². The number of piperidine rings is 2. The fraction of sp³-hybridized carbons (Fsp3) is 0.682. The minimum absolute atomic E-state index is 0.114. The molecule has 2 aromatic heterocycles. The molecule has 3 aliphatic rings. The third kappa shape index (κ3) is 4.41. The molecule has 5 heterocycles. The number of amides is 1. The molecule has 0 radical (unpaired) electrons. The molecule has 0 saturated carbocycles. The fourth-order valence-electron chi connectivity index (χ4n) is 4.92. The zero-order valence-electron chi connectivity index (χ0n) is 19.5. The van der Waals surface area contributed by atoms with E-state index in [0.29, 0.717) is 93.0 Å². The van der Waals surface area contributed by atoms with Crippen molar-refractivity contribution in [3.05, 3.63) is 16.8 Å². The van der Waals surface area contributed by atoms with E-state index in [1.807, 2.05) is 11.8 Å². The molecule has 0 atom stereocenters. The highest BCUT2D eigenvalue weighted by Gasteiger charge is 2.42. The zero-order chi connectivity index (χ0) is 23.9. The maximum Gasteiger partial charge on any atom is 0.244 e. The van der Waals surface area contributed by atoms with Gasteiger partial charge in [0.15, 0.2) is 5.79 Å². The van der Waals surface area contributed by atoms with E-state index >= 15 is 0 Å². The number of carbonyl (C=O) groups is 1. The molecule has 10 nitrogen and oxygen atoms in total. The summed E-state index contributed by atoms with van der Waals surface area (Å²) in [5.41, 5.74) is 0. The Hall–Kier alpha value is -1.86. The minimum atomic E-state index is -3.67. The van der Waals surface area contributed by atoms with Crippen molar-refractivity contribution in [1.82, 2.24) is 19.3 Å². The highest BCUT2D eigenvalue weighted by Crippen LogP contribution is 2.36. The number of thiophene rings is 1. The number of carbonyl (C=O) groups excluding carboxylic acids is 1. The van der Waals surface area contributed by atoms with Gasteiger partial charge in [0.1, 0.15) is 0 Å². The molecule has 0 N–H and O–H groups in total. The average molecular weight is 511 g/mol. The molecule has 0 unspecified atom stereocenters. The van der Waals surface area contributed by atoms with E-state index in [0.717, 1.165) is 0 Å². The van der Waals surface area contributed by atoms with Gasteiger partial charge in [0.25, 0.3) is 0 Å². The molecule has 3 aliphatic heterocycles. The van der Waals surface area contributed by atoms with Crippen molar-refractivity contribution in [1.29, 1.82) is 0 Å². The third-order valence-electron chi connectivity index (χ3n) is 6.93. The summed E-state index contributed by atoms with van der Waals surface area (Å²) in [6.45, 7) is 6.82. The minimum Gasteiger partial charge on any atom is -0.347 e. The maximum atomic E-state index is 13.4. The summed E-state index contributed by atoms with van der Waals surface area (Å²) in [4.78, 5) is 20.9. The van der Waals surface area contributed by atoms with Gasteiger partial charge in [0.2, 0.25) is 27.6 Å². The molecule has 3 saturated heterocycles. The van der Waals surface area contributed by atoms with Crippen LogP contribution in [0.1, 0.15) is 43.4 Å². The van der Waals surface area contributed by atoms with Crippen molar-refractivity contribution in [3.8, 4) is 10.7 Å². The van der Waals surface area contributed by atoms with Crippen LogP contribution in [0, 0.1) is 12.8 Å². The second kappa shape index (κ2) is 9.30. The van der Waals surface area contributed by atoms with Crippen molar-refractivity contribution >= 4 is 27.3 Å². The van der Waals surface area contributed by atoms with Gasteiger partial charge in [-0.2, -0.15) is 9.29 Å². The number of nitrogens with zero attached hydrogens (tertiary/aromatic N) is 4. The van der Waals surface area contributed by atoms with Crippen molar-refractivity contribution in [2.24, 2.45) is 5.92 Å². The number of likely N-dealkylation sites (tertiary alicyclic amines) is 1. The first kappa shape index (κ1) is 23.9. The number of ether oxygens (including phenoxy) is 2. The number of rotatable bonds is 5. The predicted molar refractivity (Wildman–Crippen MR) is 124 cm³/mol. The first-order chi connectivity index (χ1) is 16.3. The quantitative estimate of drug-likeness (QED) is 0.602. The predicted octanol–water partition coefficient (Wildman–Crippen LogP) is 2.44. The lowest BCUT2D eigenvalue weighted by molar-refractivity contribution is -0.188. The topological polar surface area (TPSA) is 115 Å². The lowest BCUT2D eigenvalue weighted by Gasteiger charge is -2.40. The molecular weight excluding hydrogens is 480 g/mol. The Morgan fingerprint density at radius 3 is 2.47 bits per heavy atom. The Morgan fingerprint density at radius 1 is 1.18 bits per heavy atom. The van der Waals surface area contributed by atoms with Gasteiger partial charge >= 0.3 is 0 Å². The Morgan fingerprint density at radius 2 is 1.85 bits per heavy atom. The molecule has 1 spiro atoms. The normalized spacial score (nSPS) is 22.0. The SMILES string of the molecule is CCc1nc(-c2cc(S(=O)(=O)N3CCC(C(=O)N4CCC5(CC4)OCCO5)CC3)c(C)s2)no1. The summed E-state index contributed by atoms with van der Waals surface area (Å²) in [7, 11) is -3.67. The van der Waals surface area contributed by atoms with E-state index in [4.69, 9.17) is 14.0 Å². The van der Waals surface area contributed by atoms with Gasteiger partial charge in [-0.25, -0.2) is 8.42 Å². The average Bonchev–Trinajstić information content (AvgIpc) is 3.59. The van der Waals surface area contributed by atoms with E-state index in [-0.39, 0.29) is 16.7 Å². The Kier molecular flexibility index (Phi) is 6.53. The van der Waals surface area contributed by atoms with Gasteiger partial charge in [-0.05, 0) is 25.8 Å². The molecule has 186 valence electrons. The largest absolute Gasteiger partial charge is 0.347 e. The van der Waals surface area contributed by atoms with Gasteiger partial charge in [-0.15, -0.1) is 11.3 Å². The summed E-state index contributed by atoms with van der Waals surface area (Å²) in [5, 5.41) is 3.96. The van der Waals surface area contributed by atoms with Gasteiger partial charge in [0, 0.05) is 56.2 Å². The van der Waals surface area contributed by atoms with Crippen LogP contribution in [0.2, 0.25) is 0 Å². The third-order valence-corrected chi connectivity index (χ3v) is 10.1. The standard InChI is InChI=1S/C22H30N4O6S2/c1-3-19-23-20(24-32-19)17-14-18(15(2)33-17)34(28,29)26-8-4-16(5-9-26)21(27)25-10-6-22(7-11-25)30-12-13-31-22/h14,16H,3-13H2,1-2H3. The molecule has 0 aromatic carbocycles. The number of hydrogen-bond donors (Lipinski definition) is 0. The van der Waals surface area contributed by atoms with Crippen molar-refractivity contribution in [2.45, 2.75) is 56.6 Å². The Bertz CT molecular complexity index is 1140.